The standard InChI is InChI=1S/C27H18F6N2/c1-2-3-4-16-5-7-23(34-14-16)17-6-8-24(35-15-17)18-11-19-13-21(28)20(9-10-27(31,32)33)26(30)25(19)22(29)12-18/h5-8,11-15H,2-4H2,1H3. The first-order valence-electron chi connectivity index (χ1n) is 10.8. The molecule has 4 aromatic rings. The summed E-state index contributed by atoms with van der Waals surface area (Å²) < 4.78 is 80.8. The molecule has 2 heterocycles. The Balaban J connectivity index is 1.67. The summed E-state index contributed by atoms with van der Waals surface area (Å²) in [5.74, 6) is -1.66. The number of rotatable bonds is 5. The molecule has 2 aromatic carbocycles. The van der Waals surface area contributed by atoms with E-state index in [2.05, 4.69) is 16.9 Å². The third-order valence-electron chi connectivity index (χ3n) is 5.41. The van der Waals surface area contributed by atoms with Gasteiger partial charge in [0.05, 0.1) is 22.3 Å². The highest BCUT2D eigenvalue weighted by atomic mass is 19.4. The van der Waals surface area contributed by atoms with Crippen LogP contribution in [0.2, 0.25) is 0 Å². The molecule has 2 aromatic heterocycles. The molecule has 0 N–H and O–H groups in total. The second-order valence-corrected chi connectivity index (χ2v) is 7.94. The molecule has 0 aliphatic rings. The highest BCUT2D eigenvalue weighted by Gasteiger charge is 2.24. The van der Waals surface area contributed by atoms with E-state index in [1.165, 1.54) is 12.0 Å². The van der Waals surface area contributed by atoms with E-state index in [1.807, 2.05) is 18.3 Å². The topological polar surface area (TPSA) is 25.8 Å². The highest BCUT2D eigenvalue weighted by Crippen LogP contribution is 2.31. The van der Waals surface area contributed by atoms with E-state index >= 15 is 0 Å². The van der Waals surface area contributed by atoms with Crippen LogP contribution in [0.25, 0.3) is 33.3 Å². The molecule has 0 radical (unpaired) electrons. The Bertz CT molecular complexity index is 1430. The Morgan fingerprint density at radius 2 is 1.54 bits per heavy atom. The largest absolute Gasteiger partial charge is 0.458 e. The van der Waals surface area contributed by atoms with Crippen molar-refractivity contribution in [3.05, 3.63) is 83.4 Å². The van der Waals surface area contributed by atoms with Crippen molar-refractivity contribution in [3.63, 3.8) is 0 Å². The third kappa shape index (κ3) is 5.46. The van der Waals surface area contributed by atoms with Gasteiger partial charge in [-0.25, -0.2) is 13.2 Å². The normalized spacial score (nSPS) is 11.4. The van der Waals surface area contributed by atoms with Crippen molar-refractivity contribution in [1.29, 1.82) is 0 Å². The van der Waals surface area contributed by atoms with Gasteiger partial charge in [0.1, 0.15) is 11.6 Å². The van der Waals surface area contributed by atoms with Gasteiger partial charge >= 0.3 is 6.18 Å². The maximum Gasteiger partial charge on any atom is 0.458 e. The predicted molar refractivity (Wildman–Crippen MR) is 122 cm³/mol. The van der Waals surface area contributed by atoms with Gasteiger partial charge in [0.15, 0.2) is 5.82 Å². The molecule has 8 heteroatoms. The number of aromatic nitrogens is 2. The Kier molecular flexibility index (Phi) is 6.79. The van der Waals surface area contributed by atoms with Crippen LogP contribution in [0.1, 0.15) is 30.9 Å². The average Bonchev–Trinajstić information content (AvgIpc) is 2.82. The van der Waals surface area contributed by atoms with E-state index in [-0.39, 0.29) is 10.9 Å². The first-order chi connectivity index (χ1) is 16.7. The van der Waals surface area contributed by atoms with Crippen LogP contribution in [0.3, 0.4) is 0 Å². The van der Waals surface area contributed by atoms with Gasteiger partial charge in [-0.15, -0.1) is 0 Å². The van der Waals surface area contributed by atoms with Crippen molar-refractivity contribution in [3.8, 4) is 34.4 Å². The van der Waals surface area contributed by atoms with Crippen molar-refractivity contribution in [2.45, 2.75) is 32.4 Å². The average molecular weight is 484 g/mol. The summed E-state index contributed by atoms with van der Waals surface area (Å²) in [6, 6.07) is 10.3. The minimum absolute atomic E-state index is 0.164. The second kappa shape index (κ2) is 9.79. The molecule has 0 spiro atoms. The molecule has 0 aliphatic heterocycles. The number of nitrogens with zero attached hydrogens (tertiary/aromatic N) is 2. The minimum Gasteiger partial charge on any atom is -0.256 e. The second-order valence-electron chi connectivity index (χ2n) is 7.94. The highest BCUT2D eigenvalue weighted by molar-refractivity contribution is 5.89. The van der Waals surface area contributed by atoms with Crippen molar-refractivity contribution in [1.82, 2.24) is 9.97 Å². The van der Waals surface area contributed by atoms with Gasteiger partial charge in [-0.05, 0) is 60.2 Å². The van der Waals surface area contributed by atoms with Crippen LogP contribution in [0.5, 0.6) is 0 Å². The zero-order chi connectivity index (χ0) is 25.2. The van der Waals surface area contributed by atoms with Gasteiger partial charge in [0.2, 0.25) is 0 Å². The molecule has 0 atom stereocenters. The number of benzene rings is 2. The fourth-order valence-electron chi connectivity index (χ4n) is 3.65. The summed E-state index contributed by atoms with van der Waals surface area (Å²) in [6.45, 7) is 2.12. The Morgan fingerprint density at radius 1 is 0.829 bits per heavy atom. The smallest absolute Gasteiger partial charge is 0.256 e. The van der Waals surface area contributed by atoms with Gasteiger partial charge in [-0.1, -0.05) is 25.3 Å². The molecule has 0 saturated carbocycles. The number of hydrogen-bond donors (Lipinski definition) is 0. The Hall–Kier alpha value is -3.86. The first-order valence-corrected chi connectivity index (χ1v) is 10.8. The monoisotopic (exact) mass is 484 g/mol. The van der Waals surface area contributed by atoms with Crippen LogP contribution in [0, 0.1) is 29.3 Å². The summed E-state index contributed by atoms with van der Waals surface area (Å²) in [4.78, 5) is 8.77. The maximum absolute atomic E-state index is 14.8. The molecule has 0 bridgehead atoms. The van der Waals surface area contributed by atoms with Gasteiger partial charge in [0, 0.05) is 29.4 Å². The van der Waals surface area contributed by atoms with E-state index < -0.39 is 34.6 Å². The number of alkyl halides is 3. The van der Waals surface area contributed by atoms with Crippen LogP contribution in [-0.4, -0.2) is 16.1 Å². The number of unbranched alkanes of at least 4 members (excludes halogenated alkanes) is 1. The molecule has 0 unspecified atom stereocenters. The number of pyridine rings is 2. The molecule has 2 nitrogen and oxygen atoms in total. The number of hydrogen-bond acceptors (Lipinski definition) is 2. The lowest BCUT2D eigenvalue weighted by Gasteiger charge is -2.09. The van der Waals surface area contributed by atoms with Crippen LogP contribution in [0.4, 0.5) is 26.3 Å². The molecular weight excluding hydrogens is 466 g/mol. The SMILES string of the molecule is CCCCc1ccc(-c2ccc(-c3cc(F)c4c(F)c(C#CC(F)(F)F)c(F)cc4c3)nc2)nc1. The van der Waals surface area contributed by atoms with Crippen molar-refractivity contribution in [2.75, 3.05) is 0 Å². The third-order valence-corrected chi connectivity index (χ3v) is 5.41. The molecule has 178 valence electrons. The lowest BCUT2D eigenvalue weighted by atomic mass is 10.00. The lowest BCUT2D eigenvalue weighted by molar-refractivity contribution is -0.0696. The molecule has 0 saturated heterocycles. The first kappa shape index (κ1) is 24.3. The summed E-state index contributed by atoms with van der Waals surface area (Å²) in [6.07, 6.45) is 1.55. The molecule has 0 aliphatic carbocycles. The summed E-state index contributed by atoms with van der Waals surface area (Å²) in [5.41, 5.74) is 2.04. The molecule has 0 amide bonds. The van der Waals surface area contributed by atoms with Gasteiger partial charge in [-0.3, -0.25) is 9.97 Å². The quantitative estimate of drug-likeness (QED) is 0.215. The Labute approximate surface area is 197 Å². The maximum atomic E-state index is 14.8. The van der Waals surface area contributed by atoms with Crippen LogP contribution >= 0.6 is 0 Å². The van der Waals surface area contributed by atoms with E-state index in [9.17, 15) is 26.3 Å². The number of halogens is 6. The van der Waals surface area contributed by atoms with Crippen molar-refractivity contribution >= 4 is 10.8 Å². The zero-order valence-electron chi connectivity index (χ0n) is 18.5. The molecule has 4 rings (SSSR count). The molecule has 0 fully saturated rings. The minimum atomic E-state index is -4.94. The van der Waals surface area contributed by atoms with Gasteiger partial charge in [-0.2, -0.15) is 13.2 Å². The molecular formula is C27H18F6N2. The van der Waals surface area contributed by atoms with Crippen LogP contribution in [-0.2, 0) is 6.42 Å². The van der Waals surface area contributed by atoms with Gasteiger partial charge in [0.25, 0.3) is 0 Å². The van der Waals surface area contributed by atoms with Crippen molar-refractivity contribution < 1.29 is 26.3 Å². The molecule has 35 heavy (non-hydrogen) atoms. The van der Waals surface area contributed by atoms with Gasteiger partial charge < -0.3 is 0 Å². The van der Waals surface area contributed by atoms with E-state index in [4.69, 9.17) is 0 Å². The van der Waals surface area contributed by atoms with Crippen LogP contribution in [0.15, 0.2) is 54.9 Å². The zero-order valence-corrected chi connectivity index (χ0v) is 18.5. The predicted octanol–water partition coefficient (Wildman–Crippen LogP) is 7.64. The summed E-state index contributed by atoms with van der Waals surface area (Å²) in [5, 5.41) is -0.812. The van der Waals surface area contributed by atoms with E-state index in [1.54, 1.807) is 18.3 Å². The number of aryl methyl sites for hydroxylation is 1. The summed E-state index contributed by atoms with van der Waals surface area (Å²) >= 11 is 0. The number of fused-ring (bicyclic) bond motifs is 1. The Morgan fingerprint density at radius 3 is 2.17 bits per heavy atom. The van der Waals surface area contributed by atoms with E-state index in [0.29, 0.717) is 11.4 Å². The lowest BCUT2D eigenvalue weighted by Crippen LogP contribution is -2.03. The van der Waals surface area contributed by atoms with Crippen molar-refractivity contribution in [2.24, 2.45) is 0 Å². The van der Waals surface area contributed by atoms with Crippen LogP contribution < -0.4 is 0 Å². The summed E-state index contributed by atoms with van der Waals surface area (Å²) in [7, 11) is 0. The fraction of sp³-hybridized carbons (Fsp3) is 0.185. The van der Waals surface area contributed by atoms with E-state index in [0.717, 1.165) is 48.4 Å². The fourth-order valence-corrected chi connectivity index (χ4v) is 3.65.